The fourth-order valence-corrected chi connectivity index (χ4v) is 9.69. The van der Waals surface area contributed by atoms with E-state index in [-0.39, 0.29) is 0 Å². The fraction of sp³-hybridized carbons (Fsp3) is 0.0182. The Balaban J connectivity index is 1.13. The number of aromatic nitrogens is 5. The molecule has 1 aliphatic rings. The van der Waals surface area contributed by atoms with Gasteiger partial charge in [0.25, 0.3) is 0 Å². The third-order valence-electron chi connectivity index (χ3n) is 12.2. The minimum atomic E-state index is -0.577. The molecular formula is C55H35N5. The normalized spacial score (nSPS) is 14.4. The van der Waals surface area contributed by atoms with Gasteiger partial charge < -0.3 is 0 Å². The van der Waals surface area contributed by atoms with Crippen LogP contribution in [0, 0.1) is 0 Å². The van der Waals surface area contributed by atoms with Crippen molar-refractivity contribution in [1.29, 1.82) is 0 Å². The molecular weight excluding hydrogens is 731 g/mol. The number of pyridine rings is 1. The van der Waals surface area contributed by atoms with E-state index in [2.05, 4.69) is 144 Å². The summed E-state index contributed by atoms with van der Waals surface area (Å²) in [5.74, 6) is 1.83. The summed E-state index contributed by atoms with van der Waals surface area (Å²) >= 11 is 0. The van der Waals surface area contributed by atoms with Gasteiger partial charge in [0.2, 0.25) is 5.95 Å². The van der Waals surface area contributed by atoms with E-state index < -0.39 is 5.41 Å². The Morgan fingerprint density at radius 3 is 1.70 bits per heavy atom. The lowest BCUT2D eigenvalue weighted by Crippen LogP contribution is -2.28. The van der Waals surface area contributed by atoms with Crippen LogP contribution in [0.5, 0.6) is 0 Å². The second-order valence-corrected chi connectivity index (χ2v) is 15.4. The van der Waals surface area contributed by atoms with Crippen LogP contribution in [0.1, 0.15) is 22.3 Å². The second kappa shape index (κ2) is 13.5. The summed E-state index contributed by atoms with van der Waals surface area (Å²) in [6.45, 7) is 0. The van der Waals surface area contributed by atoms with Crippen molar-refractivity contribution in [2.45, 2.75) is 5.41 Å². The number of benzene rings is 8. The van der Waals surface area contributed by atoms with Crippen LogP contribution in [0.15, 0.2) is 213 Å². The highest BCUT2D eigenvalue weighted by Gasteiger charge is 2.47. The lowest BCUT2D eigenvalue weighted by atomic mass is 9.67. The van der Waals surface area contributed by atoms with Crippen LogP contribution in [0.4, 0.5) is 0 Å². The smallest absolute Gasteiger partial charge is 0.238 e. The van der Waals surface area contributed by atoms with E-state index in [1.54, 1.807) is 0 Å². The van der Waals surface area contributed by atoms with E-state index in [0.29, 0.717) is 17.6 Å². The number of para-hydroxylation sites is 1. The third kappa shape index (κ3) is 5.06. The molecule has 280 valence electrons. The summed E-state index contributed by atoms with van der Waals surface area (Å²) in [7, 11) is 0. The average molecular weight is 766 g/mol. The fourth-order valence-electron chi connectivity index (χ4n) is 9.69. The summed E-state index contributed by atoms with van der Waals surface area (Å²) in [6, 6.07) is 71.2. The zero-order chi connectivity index (χ0) is 39.6. The number of rotatable bonds is 6. The highest BCUT2D eigenvalue weighted by atomic mass is 15.2. The Morgan fingerprint density at radius 1 is 0.383 bits per heavy atom. The summed E-state index contributed by atoms with van der Waals surface area (Å²) in [6.07, 6.45) is 3.91. The van der Waals surface area contributed by atoms with Gasteiger partial charge in [-0.2, -0.15) is 9.97 Å². The molecule has 3 aromatic heterocycles. The van der Waals surface area contributed by atoms with Gasteiger partial charge in [-0.05, 0) is 85.6 Å². The van der Waals surface area contributed by atoms with Crippen LogP contribution >= 0.6 is 0 Å². The molecule has 5 heteroatoms. The summed E-state index contributed by atoms with van der Waals surface area (Å²) in [5, 5.41) is 4.69. The van der Waals surface area contributed by atoms with Gasteiger partial charge in [0.05, 0.1) is 16.4 Å². The van der Waals surface area contributed by atoms with Gasteiger partial charge in [-0.1, -0.05) is 170 Å². The first kappa shape index (κ1) is 34.1. The van der Waals surface area contributed by atoms with Gasteiger partial charge in [-0.15, -0.1) is 0 Å². The highest BCUT2D eigenvalue weighted by molar-refractivity contribution is 6.13. The second-order valence-electron chi connectivity index (χ2n) is 15.4. The molecule has 0 saturated carbocycles. The Bertz CT molecular complexity index is 3320. The van der Waals surface area contributed by atoms with Gasteiger partial charge in [-0.3, -0.25) is 9.55 Å². The zero-order valence-electron chi connectivity index (χ0n) is 32.4. The molecule has 11 aromatic rings. The molecule has 0 saturated heterocycles. The SMILES string of the molecule is c1ccc(-c2nc(-c3ccccc3)nc(-n3c4ccccc4c4cc(-c5cc6c(c7ccccc57)-c5ccccc5C6(c5ccccc5)c5cccnc5)ccc43)n2)cc1. The van der Waals surface area contributed by atoms with E-state index in [0.717, 1.165) is 44.1 Å². The van der Waals surface area contributed by atoms with Crippen molar-refractivity contribution >= 4 is 32.6 Å². The summed E-state index contributed by atoms with van der Waals surface area (Å²) in [4.78, 5) is 20.0. The third-order valence-corrected chi connectivity index (χ3v) is 12.2. The van der Waals surface area contributed by atoms with E-state index in [4.69, 9.17) is 19.9 Å². The number of hydrogen-bond acceptors (Lipinski definition) is 4. The summed E-state index contributed by atoms with van der Waals surface area (Å²) in [5.41, 5.74) is 13.1. The van der Waals surface area contributed by atoms with Crippen LogP contribution in [0.25, 0.3) is 83.6 Å². The number of nitrogens with zero attached hydrogens (tertiary/aromatic N) is 5. The standard InChI is InChI=1S/C55H35N5/c1-4-17-36(18-5-1)52-57-53(37-19-6-2-7-20-37)59-54(58-52)60-49-29-15-13-25-42(49)46-33-38(30-31-50(46)60)45-34-48-51(43-26-11-10-24-41(43)45)44-27-12-14-28-47(44)55(48,39-21-8-3-9-22-39)40-23-16-32-56-35-40/h1-35H. The first-order valence-corrected chi connectivity index (χ1v) is 20.3. The number of fused-ring (bicyclic) bond motifs is 8. The molecule has 12 rings (SSSR count). The quantitative estimate of drug-likeness (QED) is 0.169. The molecule has 1 aliphatic carbocycles. The van der Waals surface area contributed by atoms with Crippen LogP contribution < -0.4 is 0 Å². The van der Waals surface area contributed by atoms with E-state index in [1.165, 1.54) is 44.2 Å². The topological polar surface area (TPSA) is 56.5 Å². The zero-order valence-corrected chi connectivity index (χ0v) is 32.4. The minimum Gasteiger partial charge on any atom is -0.278 e. The Morgan fingerprint density at radius 2 is 0.983 bits per heavy atom. The Labute approximate surface area is 347 Å². The van der Waals surface area contributed by atoms with Gasteiger partial charge >= 0.3 is 0 Å². The molecule has 0 spiro atoms. The van der Waals surface area contributed by atoms with Gasteiger partial charge in [0.15, 0.2) is 11.6 Å². The van der Waals surface area contributed by atoms with E-state index in [9.17, 15) is 0 Å². The Kier molecular flexibility index (Phi) is 7.69. The maximum absolute atomic E-state index is 5.16. The molecule has 0 aliphatic heterocycles. The minimum absolute atomic E-state index is 0.575. The number of hydrogen-bond donors (Lipinski definition) is 0. The van der Waals surface area contributed by atoms with Crippen LogP contribution in [-0.2, 0) is 5.41 Å². The van der Waals surface area contributed by atoms with Crippen LogP contribution in [0.3, 0.4) is 0 Å². The van der Waals surface area contributed by atoms with Gasteiger partial charge in [-0.25, -0.2) is 4.98 Å². The lowest BCUT2D eigenvalue weighted by Gasteiger charge is -2.34. The Hall–Kier alpha value is -8.02. The predicted molar refractivity (Wildman–Crippen MR) is 243 cm³/mol. The van der Waals surface area contributed by atoms with Crippen molar-refractivity contribution in [3.05, 3.63) is 235 Å². The first-order valence-electron chi connectivity index (χ1n) is 20.3. The van der Waals surface area contributed by atoms with Crippen molar-refractivity contribution in [3.63, 3.8) is 0 Å². The molecule has 0 amide bonds. The molecule has 8 aromatic carbocycles. The average Bonchev–Trinajstić information content (AvgIpc) is 3.83. The van der Waals surface area contributed by atoms with Crippen molar-refractivity contribution in [2.75, 3.05) is 0 Å². The predicted octanol–water partition coefficient (Wildman–Crippen LogP) is 12.9. The largest absolute Gasteiger partial charge is 0.278 e. The van der Waals surface area contributed by atoms with Crippen LogP contribution in [0.2, 0.25) is 0 Å². The van der Waals surface area contributed by atoms with Crippen molar-refractivity contribution in [1.82, 2.24) is 24.5 Å². The van der Waals surface area contributed by atoms with Crippen LogP contribution in [-0.4, -0.2) is 24.5 Å². The molecule has 5 nitrogen and oxygen atoms in total. The maximum atomic E-state index is 5.16. The molecule has 0 fully saturated rings. The monoisotopic (exact) mass is 765 g/mol. The highest BCUT2D eigenvalue weighted by Crippen LogP contribution is 2.59. The first-order chi connectivity index (χ1) is 29.8. The molecule has 0 N–H and O–H groups in total. The van der Waals surface area contributed by atoms with Gasteiger partial charge in [0.1, 0.15) is 0 Å². The summed E-state index contributed by atoms with van der Waals surface area (Å²) < 4.78 is 2.19. The van der Waals surface area contributed by atoms with Crippen molar-refractivity contribution < 1.29 is 0 Å². The molecule has 3 heterocycles. The molecule has 0 radical (unpaired) electrons. The molecule has 1 unspecified atom stereocenters. The maximum Gasteiger partial charge on any atom is 0.238 e. The van der Waals surface area contributed by atoms with E-state index >= 15 is 0 Å². The van der Waals surface area contributed by atoms with Crippen molar-refractivity contribution in [3.8, 4) is 51.0 Å². The van der Waals surface area contributed by atoms with Crippen molar-refractivity contribution in [2.24, 2.45) is 0 Å². The van der Waals surface area contributed by atoms with E-state index in [1.807, 2.05) is 73.1 Å². The molecule has 1 atom stereocenters. The molecule has 60 heavy (non-hydrogen) atoms. The lowest BCUT2D eigenvalue weighted by molar-refractivity contribution is 0.763. The molecule has 0 bridgehead atoms. The van der Waals surface area contributed by atoms with Gasteiger partial charge in [0, 0.05) is 34.3 Å².